The molecule has 0 bridgehead atoms. The molecule has 8 heteroatoms. The second-order valence-electron chi connectivity index (χ2n) is 7.06. The molecule has 2 rings (SSSR count). The zero-order chi connectivity index (χ0) is 19.8. The summed E-state index contributed by atoms with van der Waals surface area (Å²) in [6.45, 7) is 9.21. The van der Waals surface area contributed by atoms with Gasteiger partial charge in [-0.2, -0.15) is 0 Å². The van der Waals surface area contributed by atoms with Crippen LogP contribution in [0.4, 0.5) is 10.5 Å². The number of urea groups is 1. The van der Waals surface area contributed by atoms with E-state index in [1.54, 1.807) is 0 Å². The minimum Gasteiger partial charge on any atom is -0.383 e. The first-order valence-electron chi connectivity index (χ1n) is 9.23. The monoisotopic (exact) mass is 372 g/mol. The smallest absolute Gasteiger partial charge is 0.312 e. The molecule has 2 aromatic rings. The van der Waals surface area contributed by atoms with Crippen LogP contribution in [-0.4, -0.2) is 34.1 Å². The number of nitrogens with zero attached hydrogens (tertiary/aromatic N) is 3. The number of hydrogen-bond donors (Lipinski definition) is 4. The van der Waals surface area contributed by atoms with Crippen LogP contribution in [0, 0.1) is 12.8 Å². The lowest BCUT2D eigenvalue weighted by molar-refractivity contribution is 0.248. The molecule has 0 unspecified atom stereocenters. The number of hydrogen-bond acceptors (Lipinski definition) is 5. The van der Waals surface area contributed by atoms with Crippen LogP contribution in [-0.2, 0) is 0 Å². The second kappa shape index (κ2) is 9.91. The first kappa shape index (κ1) is 20.7. The summed E-state index contributed by atoms with van der Waals surface area (Å²) in [7, 11) is 0. The SMILES string of the molecule is [CH2]c1ccc(NC[C@H](CCCNC(N)=O)n2cc([C@@H](N)C(C)C)nn2)cc1. The maximum atomic E-state index is 10.8. The topological polar surface area (TPSA) is 124 Å². The molecule has 0 spiro atoms. The molecule has 2 atom stereocenters. The molecule has 0 fully saturated rings. The van der Waals surface area contributed by atoms with Gasteiger partial charge in [0.1, 0.15) is 0 Å². The Kier molecular flexibility index (Phi) is 7.60. The van der Waals surface area contributed by atoms with Crippen LogP contribution in [0.1, 0.15) is 50.0 Å². The first-order valence-corrected chi connectivity index (χ1v) is 9.23. The number of nitrogens with two attached hydrogens (primary N) is 2. The molecule has 0 aliphatic carbocycles. The summed E-state index contributed by atoms with van der Waals surface area (Å²) < 4.78 is 1.85. The third-order valence-corrected chi connectivity index (χ3v) is 4.47. The highest BCUT2D eigenvalue weighted by Crippen LogP contribution is 2.20. The van der Waals surface area contributed by atoms with Gasteiger partial charge in [-0.15, -0.1) is 5.10 Å². The number of primary amides is 1. The van der Waals surface area contributed by atoms with E-state index in [1.165, 1.54) is 0 Å². The molecular formula is C19H30N7O. The van der Waals surface area contributed by atoms with Gasteiger partial charge in [-0.3, -0.25) is 0 Å². The van der Waals surface area contributed by atoms with Crippen LogP contribution in [0.2, 0.25) is 0 Å². The Hall–Kier alpha value is -2.61. The molecule has 8 nitrogen and oxygen atoms in total. The van der Waals surface area contributed by atoms with Gasteiger partial charge in [-0.1, -0.05) is 31.2 Å². The van der Waals surface area contributed by atoms with Crippen molar-refractivity contribution in [3.8, 4) is 0 Å². The van der Waals surface area contributed by atoms with Crippen LogP contribution in [0.3, 0.4) is 0 Å². The number of amides is 2. The number of nitrogens with one attached hydrogen (secondary N) is 2. The normalized spacial score (nSPS) is 13.4. The van der Waals surface area contributed by atoms with Crippen molar-refractivity contribution in [1.29, 1.82) is 0 Å². The van der Waals surface area contributed by atoms with Gasteiger partial charge in [0.15, 0.2) is 0 Å². The fourth-order valence-electron chi connectivity index (χ4n) is 2.70. The van der Waals surface area contributed by atoms with E-state index in [9.17, 15) is 4.79 Å². The predicted octanol–water partition coefficient (Wildman–Crippen LogP) is 2.22. The van der Waals surface area contributed by atoms with Crippen LogP contribution >= 0.6 is 0 Å². The number of anilines is 1. The number of carbonyl (C=O) groups is 1. The quantitative estimate of drug-likeness (QED) is 0.476. The van der Waals surface area contributed by atoms with E-state index in [-0.39, 0.29) is 18.0 Å². The Bertz CT molecular complexity index is 711. The zero-order valence-corrected chi connectivity index (χ0v) is 16.1. The van der Waals surface area contributed by atoms with Crippen LogP contribution < -0.4 is 22.1 Å². The minimum absolute atomic E-state index is 0.0692. The Morgan fingerprint density at radius 2 is 2.00 bits per heavy atom. The average molecular weight is 372 g/mol. The summed E-state index contributed by atoms with van der Waals surface area (Å²) in [5, 5.41) is 14.6. The summed E-state index contributed by atoms with van der Waals surface area (Å²) in [6.07, 6.45) is 3.50. The molecule has 27 heavy (non-hydrogen) atoms. The Balaban J connectivity index is 2.04. The number of aromatic nitrogens is 3. The first-order chi connectivity index (χ1) is 12.9. The summed E-state index contributed by atoms with van der Waals surface area (Å²) in [5.74, 6) is 0.285. The van der Waals surface area contributed by atoms with Gasteiger partial charge in [0.2, 0.25) is 0 Å². The summed E-state index contributed by atoms with van der Waals surface area (Å²) >= 11 is 0. The molecule has 6 N–H and O–H groups in total. The molecular weight excluding hydrogens is 342 g/mol. The fraction of sp³-hybridized carbons (Fsp3) is 0.474. The molecule has 1 heterocycles. The largest absolute Gasteiger partial charge is 0.383 e. The van der Waals surface area contributed by atoms with Gasteiger partial charge < -0.3 is 22.1 Å². The van der Waals surface area contributed by atoms with E-state index in [4.69, 9.17) is 11.5 Å². The molecule has 0 saturated heterocycles. The molecule has 0 aliphatic rings. The maximum absolute atomic E-state index is 10.8. The van der Waals surface area contributed by atoms with Crippen molar-refractivity contribution in [3.63, 3.8) is 0 Å². The number of carbonyl (C=O) groups excluding carboxylic acids is 1. The number of benzene rings is 1. The maximum Gasteiger partial charge on any atom is 0.312 e. The highest BCUT2D eigenvalue weighted by molar-refractivity contribution is 5.71. The van der Waals surface area contributed by atoms with Crippen molar-refractivity contribution in [2.45, 2.75) is 38.8 Å². The van der Waals surface area contributed by atoms with Crippen molar-refractivity contribution in [1.82, 2.24) is 20.3 Å². The minimum atomic E-state index is -0.510. The van der Waals surface area contributed by atoms with Crippen molar-refractivity contribution in [3.05, 3.63) is 48.6 Å². The molecule has 147 valence electrons. The lowest BCUT2D eigenvalue weighted by Crippen LogP contribution is -2.30. The van der Waals surface area contributed by atoms with Crippen molar-refractivity contribution in [2.75, 3.05) is 18.4 Å². The van der Waals surface area contributed by atoms with Crippen LogP contribution in [0.25, 0.3) is 0 Å². The van der Waals surface area contributed by atoms with Crippen molar-refractivity contribution in [2.24, 2.45) is 17.4 Å². The zero-order valence-electron chi connectivity index (χ0n) is 16.1. The van der Waals surface area contributed by atoms with Crippen molar-refractivity contribution >= 4 is 11.7 Å². The summed E-state index contributed by atoms with van der Waals surface area (Å²) in [4.78, 5) is 10.8. The van der Waals surface area contributed by atoms with Crippen molar-refractivity contribution < 1.29 is 4.79 Å². The molecule has 1 aromatic carbocycles. The second-order valence-corrected chi connectivity index (χ2v) is 7.06. The average Bonchev–Trinajstić information content (AvgIpc) is 3.11. The third kappa shape index (κ3) is 6.56. The standard InChI is InChI=1S/C19H30N7O/c1-13(2)18(20)17-12-26(25-24-17)16(5-4-10-22-19(21)27)11-23-15-8-6-14(3)7-9-15/h6-9,12-13,16,18,23H,3-5,10-11,20H2,1-2H3,(H3,21,22,27)/t16-,18-/m0/s1. The van der Waals surface area contributed by atoms with Gasteiger partial charge in [0.05, 0.1) is 24.0 Å². The van der Waals surface area contributed by atoms with E-state index in [0.29, 0.717) is 13.1 Å². The van der Waals surface area contributed by atoms with Gasteiger partial charge in [-0.25, -0.2) is 9.48 Å². The van der Waals surface area contributed by atoms with Gasteiger partial charge in [0, 0.05) is 18.8 Å². The van der Waals surface area contributed by atoms with E-state index >= 15 is 0 Å². The van der Waals surface area contributed by atoms with E-state index < -0.39 is 6.03 Å². The van der Waals surface area contributed by atoms with Gasteiger partial charge >= 0.3 is 6.03 Å². The third-order valence-electron chi connectivity index (χ3n) is 4.47. The summed E-state index contributed by atoms with van der Waals surface area (Å²) in [6, 6.07) is 7.33. The molecule has 1 aromatic heterocycles. The summed E-state index contributed by atoms with van der Waals surface area (Å²) in [5.41, 5.74) is 14.1. The van der Waals surface area contributed by atoms with Crippen LogP contribution in [0.5, 0.6) is 0 Å². The highest BCUT2D eigenvalue weighted by atomic mass is 16.2. The Morgan fingerprint density at radius 1 is 1.30 bits per heavy atom. The fourth-order valence-corrected chi connectivity index (χ4v) is 2.70. The van der Waals surface area contributed by atoms with Gasteiger partial charge in [0.25, 0.3) is 0 Å². The molecule has 0 saturated carbocycles. The van der Waals surface area contributed by atoms with Gasteiger partial charge in [-0.05, 0) is 43.4 Å². The van der Waals surface area contributed by atoms with E-state index in [2.05, 4.69) is 41.7 Å². The lowest BCUT2D eigenvalue weighted by atomic mass is 10.0. The lowest BCUT2D eigenvalue weighted by Gasteiger charge is -2.19. The Morgan fingerprint density at radius 3 is 2.63 bits per heavy atom. The predicted molar refractivity (Wildman–Crippen MR) is 107 cm³/mol. The van der Waals surface area contributed by atoms with E-state index in [0.717, 1.165) is 29.8 Å². The highest BCUT2D eigenvalue weighted by Gasteiger charge is 2.18. The van der Waals surface area contributed by atoms with E-state index in [1.807, 2.05) is 35.1 Å². The van der Waals surface area contributed by atoms with Crippen LogP contribution in [0.15, 0.2) is 30.5 Å². The Labute approximate surface area is 160 Å². The molecule has 1 radical (unpaired) electrons. The number of rotatable bonds is 10. The molecule has 2 amide bonds. The molecule has 0 aliphatic heterocycles.